The summed E-state index contributed by atoms with van der Waals surface area (Å²) in [5.74, 6) is -1.35. The summed E-state index contributed by atoms with van der Waals surface area (Å²) in [5, 5.41) is 12.3. The smallest absolute Gasteiger partial charge is 0.305 e. The zero-order valence-corrected chi connectivity index (χ0v) is 14.0. The number of carbonyl (C=O) groups excluding carboxylic acids is 1. The highest BCUT2D eigenvalue weighted by atomic mass is 79.9. The lowest BCUT2D eigenvalue weighted by Crippen LogP contribution is -2.28. The number of hydrogen-bond acceptors (Lipinski definition) is 3. The van der Waals surface area contributed by atoms with E-state index in [0.29, 0.717) is 16.5 Å². The summed E-state index contributed by atoms with van der Waals surface area (Å²) in [6, 6.07) is 4.77. The van der Waals surface area contributed by atoms with E-state index in [1.165, 1.54) is 0 Å². The van der Waals surface area contributed by atoms with Crippen LogP contribution < -0.4 is 11.1 Å². The minimum absolute atomic E-state index is 0.00670. The van der Waals surface area contributed by atoms with Gasteiger partial charge >= 0.3 is 5.97 Å². The number of amides is 1. The third-order valence-corrected chi connectivity index (χ3v) is 3.55. The monoisotopic (exact) mass is 356 g/mol. The standard InChI is InChI=1S/C15H21BrN2O3/c1-15(2,3)8-10(7-13(19)20)18-12-5-4-9(14(17)21)6-11(12)16/h4-6,10,18H,7-8H2,1-3H3,(H2,17,21)(H,19,20). The third-order valence-electron chi connectivity index (χ3n) is 2.89. The van der Waals surface area contributed by atoms with Crippen LogP contribution in [0.1, 0.15) is 44.0 Å². The molecule has 0 fully saturated rings. The molecule has 0 bridgehead atoms. The summed E-state index contributed by atoms with van der Waals surface area (Å²) in [6.45, 7) is 6.19. The number of nitrogens with one attached hydrogen (secondary N) is 1. The van der Waals surface area contributed by atoms with Gasteiger partial charge in [-0.25, -0.2) is 0 Å². The highest BCUT2D eigenvalue weighted by Gasteiger charge is 2.21. The summed E-state index contributed by atoms with van der Waals surface area (Å²) < 4.78 is 0.683. The number of halogens is 1. The molecule has 0 radical (unpaired) electrons. The van der Waals surface area contributed by atoms with Crippen LogP contribution in [0.4, 0.5) is 5.69 Å². The van der Waals surface area contributed by atoms with Gasteiger partial charge in [0.1, 0.15) is 0 Å². The van der Waals surface area contributed by atoms with Gasteiger partial charge in [-0.1, -0.05) is 20.8 Å². The van der Waals surface area contributed by atoms with E-state index in [1.807, 2.05) is 0 Å². The number of benzene rings is 1. The molecule has 1 atom stereocenters. The Morgan fingerprint density at radius 1 is 1.38 bits per heavy atom. The summed E-state index contributed by atoms with van der Waals surface area (Å²) in [6.07, 6.45) is 0.741. The molecule has 0 aliphatic carbocycles. The van der Waals surface area contributed by atoms with Gasteiger partial charge in [-0.3, -0.25) is 9.59 Å². The van der Waals surface area contributed by atoms with E-state index < -0.39 is 11.9 Å². The lowest BCUT2D eigenvalue weighted by Gasteiger charge is -2.27. The summed E-state index contributed by atoms with van der Waals surface area (Å²) >= 11 is 3.37. The number of carboxylic acids is 1. The van der Waals surface area contributed by atoms with Crippen molar-refractivity contribution in [2.45, 2.75) is 39.7 Å². The molecule has 5 nitrogen and oxygen atoms in total. The fourth-order valence-electron chi connectivity index (χ4n) is 2.13. The first-order valence-corrected chi connectivity index (χ1v) is 7.45. The number of rotatable bonds is 6. The Hall–Kier alpha value is -1.56. The van der Waals surface area contributed by atoms with Crippen molar-refractivity contribution in [3.63, 3.8) is 0 Å². The summed E-state index contributed by atoms with van der Waals surface area (Å²) in [7, 11) is 0. The number of hydrogen-bond donors (Lipinski definition) is 3. The van der Waals surface area contributed by atoms with E-state index in [2.05, 4.69) is 42.0 Å². The molecule has 1 rings (SSSR count). The molecule has 0 aliphatic rings. The molecule has 21 heavy (non-hydrogen) atoms. The van der Waals surface area contributed by atoms with Gasteiger partial charge in [0.05, 0.1) is 6.42 Å². The highest BCUT2D eigenvalue weighted by molar-refractivity contribution is 9.10. The van der Waals surface area contributed by atoms with Crippen LogP contribution in [0.2, 0.25) is 0 Å². The van der Waals surface area contributed by atoms with E-state index >= 15 is 0 Å². The first-order valence-electron chi connectivity index (χ1n) is 6.66. The largest absolute Gasteiger partial charge is 0.481 e. The molecule has 1 aromatic rings. The normalized spacial score (nSPS) is 12.8. The van der Waals surface area contributed by atoms with Crippen molar-refractivity contribution in [3.05, 3.63) is 28.2 Å². The SMILES string of the molecule is CC(C)(C)CC(CC(=O)O)Nc1ccc(C(N)=O)cc1Br. The van der Waals surface area contributed by atoms with Crippen molar-refractivity contribution < 1.29 is 14.7 Å². The number of anilines is 1. The predicted molar refractivity (Wildman–Crippen MR) is 86.4 cm³/mol. The van der Waals surface area contributed by atoms with Crippen molar-refractivity contribution in [2.75, 3.05) is 5.32 Å². The highest BCUT2D eigenvalue weighted by Crippen LogP contribution is 2.28. The quantitative estimate of drug-likeness (QED) is 0.729. The number of aliphatic carboxylic acids is 1. The van der Waals surface area contributed by atoms with Gasteiger partial charge < -0.3 is 16.2 Å². The number of nitrogens with two attached hydrogens (primary N) is 1. The Labute approximate surface area is 133 Å². The molecule has 0 saturated heterocycles. The van der Waals surface area contributed by atoms with Crippen LogP contribution in [0, 0.1) is 5.41 Å². The predicted octanol–water partition coefficient (Wildman–Crippen LogP) is 3.24. The van der Waals surface area contributed by atoms with Crippen LogP contribution in [0.15, 0.2) is 22.7 Å². The molecule has 6 heteroatoms. The lowest BCUT2D eigenvalue weighted by atomic mass is 9.87. The molecular weight excluding hydrogens is 336 g/mol. The Morgan fingerprint density at radius 3 is 2.43 bits per heavy atom. The lowest BCUT2D eigenvalue weighted by molar-refractivity contribution is -0.137. The van der Waals surface area contributed by atoms with Crippen molar-refractivity contribution in [1.29, 1.82) is 0 Å². The van der Waals surface area contributed by atoms with Gasteiger partial charge in [0.2, 0.25) is 5.91 Å². The maximum atomic E-state index is 11.1. The van der Waals surface area contributed by atoms with Crippen LogP contribution >= 0.6 is 15.9 Å². The number of carbonyl (C=O) groups is 2. The van der Waals surface area contributed by atoms with Crippen LogP contribution in [0.25, 0.3) is 0 Å². The second-order valence-electron chi connectivity index (χ2n) is 6.26. The Morgan fingerprint density at radius 2 is 2.00 bits per heavy atom. The molecule has 0 aliphatic heterocycles. The van der Waals surface area contributed by atoms with Gasteiger partial charge in [-0.15, -0.1) is 0 Å². The van der Waals surface area contributed by atoms with Crippen LogP contribution in [-0.4, -0.2) is 23.0 Å². The molecular formula is C15H21BrN2O3. The van der Waals surface area contributed by atoms with Crippen molar-refractivity contribution in [1.82, 2.24) is 0 Å². The zero-order valence-electron chi connectivity index (χ0n) is 12.4. The Balaban J connectivity index is 2.92. The topological polar surface area (TPSA) is 92.4 Å². The average Bonchev–Trinajstić information content (AvgIpc) is 2.28. The van der Waals surface area contributed by atoms with Crippen LogP contribution in [0.3, 0.4) is 0 Å². The number of carboxylic acid groups (broad SMARTS) is 1. The van der Waals surface area contributed by atoms with Crippen molar-refractivity contribution >= 4 is 33.5 Å². The minimum atomic E-state index is -0.846. The summed E-state index contributed by atoms with van der Waals surface area (Å²) in [5.41, 5.74) is 6.38. The van der Waals surface area contributed by atoms with Crippen molar-refractivity contribution in [3.8, 4) is 0 Å². The van der Waals surface area contributed by atoms with E-state index in [4.69, 9.17) is 10.8 Å². The van der Waals surface area contributed by atoms with Crippen LogP contribution in [-0.2, 0) is 4.79 Å². The van der Waals surface area contributed by atoms with E-state index in [-0.39, 0.29) is 17.9 Å². The summed E-state index contributed by atoms with van der Waals surface area (Å²) in [4.78, 5) is 22.1. The first kappa shape index (κ1) is 17.5. The molecule has 1 aromatic carbocycles. The van der Waals surface area contributed by atoms with Gasteiger partial charge in [0.15, 0.2) is 0 Å². The van der Waals surface area contributed by atoms with Crippen LogP contribution in [0.5, 0.6) is 0 Å². The van der Waals surface area contributed by atoms with Gasteiger partial charge in [0, 0.05) is 21.8 Å². The molecule has 1 unspecified atom stereocenters. The Kier molecular flexibility index (Phi) is 5.78. The average molecular weight is 357 g/mol. The van der Waals surface area contributed by atoms with E-state index in [9.17, 15) is 9.59 Å². The number of primary amides is 1. The zero-order chi connectivity index (χ0) is 16.2. The molecule has 0 saturated carbocycles. The van der Waals surface area contributed by atoms with E-state index in [1.54, 1.807) is 18.2 Å². The fourth-order valence-corrected chi connectivity index (χ4v) is 2.62. The van der Waals surface area contributed by atoms with Gasteiger partial charge in [0.25, 0.3) is 0 Å². The second kappa shape index (κ2) is 6.93. The molecule has 1 amide bonds. The van der Waals surface area contributed by atoms with Gasteiger partial charge in [-0.05, 0) is 46.0 Å². The van der Waals surface area contributed by atoms with Crippen molar-refractivity contribution in [2.24, 2.45) is 11.1 Å². The molecule has 0 heterocycles. The van der Waals surface area contributed by atoms with E-state index in [0.717, 1.165) is 5.69 Å². The minimum Gasteiger partial charge on any atom is -0.481 e. The molecule has 0 spiro atoms. The Bertz CT molecular complexity index is 538. The second-order valence-corrected chi connectivity index (χ2v) is 7.12. The maximum Gasteiger partial charge on any atom is 0.305 e. The fraction of sp³-hybridized carbons (Fsp3) is 0.467. The molecule has 4 N–H and O–H groups in total. The first-order chi connectivity index (χ1) is 9.58. The maximum absolute atomic E-state index is 11.1. The molecule has 0 aromatic heterocycles. The molecule has 116 valence electrons. The third kappa shape index (κ3) is 6.16. The van der Waals surface area contributed by atoms with Gasteiger partial charge in [-0.2, -0.15) is 0 Å².